The van der Waals surface area contributed by atoms with Crippen molar-refractivity contribution in [3.63, 3.8) is 0 Å². The molecule has 0 N–H and O–H groups in total. The third kappa shape index (κ3) is 39.9. The molecule has 0 amide bonds. The Labute approximate surface area is 81.3 Å². The van der Waals surface area contributed by atoms with Crippen molar-refractivity contribution in [1.82, 2.24) is 0 Å². The zero-order valence-electron chi connectivity index (χ0n) is 7.21. The summed E-state index contributed by atoms with van der Waals surface area (Å²) in [5.74, 6) is 0. The van der Waals surface area contributed by atoms with Crippen LogP contribution >= 0.6 is 0 Å². The smallest absolute Gasteiger partial charge is 0 e. The van der Waals surface area contributed by atoms with Gasteiger partial charge < -0.3 is 17.0 Å². The molecule has 0 saturated heterocycles. The molecule has 0 aliphatic rings. The number of unbranched alkanes of at least 4 members (excludes halogenated alkanes) is 4. The third-order valence-corrected chi connectivity index (χ3v) is 1.10. The van der Waals surface area contributed by atoms with Crippen LogP contribution in [0.5, 0.6) is 0 Å². The molecule has 0 heterocycles. The monoisotopic (exact) mass is 209 g/mol. The van der Waals surface area contributed by atoms with Gasteiger partial charge in [0.05, 0.1) is 0 Å². The van der Waals surface area contributed by atoms with Crippen molar-refractivity contribution in [2.75, 3.05) is 0 Å². The Kier molecular flexibility index (Phi) is 35.2. The molecule has 0 aliphatic heterocycles. The summed E-state index contributed by atoms with van der Waals surface area (Å²) >= 11 is 0. The standard InChI is InChI=1S/C7H15.HNO2.Zn/c1-3-5-7-6-4-2;2-1-3;/h1,3-7H2,2H3;(H,2,3);/q-1;;/p-1. The number of hydrogen-bond donors (Lipinski definition) is 0. The summed E-state index contributed by atoms with van der Waals surface area (Å²) in [6, 6.07) is 0. The van der Waals surface area contributed by atoms with Crippen LogP contribution in [0.25, 0.3) is 0 Å². The Morgan fingerprint density at radius 2 is 1.82 bits per heavy atom. The molecule has 4 heteroatoms. The molecule has 0 fully saturated rings. The van der Waals surface area contributed by atoms with Gasteiger partial charge in [-0.25, -0.2) is 0 Å². The van der Waals surface area contributed by atoms with Crippen molar-refractivity contribution >= 4 is 0 Å². The Bertz CT molecular complexity index is 58.4. The van der Waals surface area contributed by atoms with Crippen molar-refractivity contribution in [3.05, 3.63) is 17.0 Å². The van der Waals surface area contributed by atoms with E-state index in [0.717, 1.165) is 11.8 Å². The minimum atomic E-state index is 0. The van der Waals surface area contributed by atoms with Crippen LogP contribution < -0.4 is 0 Å². The van der Waals surface area contributed by atoms with Gasteiger partial charge in [-0.1, -0.05) is 32.6 Å². The number of rotatable bonds is 4. The van der Waals surface area contributed by atoms with E-state index in [1.54, 1.807) is 0 Å². The van der Waals surface area contributed by atoms with Gasteiger partial charge in [0.1, 0.15) is 0 Å². The minimum absolute atomic E-state index is 0. The first kappa shape index (κ1) is 17.2. The van der Waals surface area contributed by atoms with E-state index >= 15 is 0 Å². The van der Waals surface area contributed by atoms with Gasteiger partial charge in [0.2, 0.25) is 0 Å². The summed E-state index contributed by atoms with van der Waals surface area (Å²) in [5, 5.41) is 9.00. The first-order chi connectivity index (χ1) is 4.83. The molecule has 0 aliphatic carbocycles. The molecule has 0 rings (SSSR count). The van der Waals surface area contributed by atoms with E-state index in [-0.39, 0.29) is 19.5 Å². The van der Waals surface area contributed by atoms with Crippen LogP contribution in [0.4, 0.5) is 0 Å². The maximum absolute atomic E-state index is 8.00. The Morgan fingerprint density at radius 3 is 2.09 bits per heavy atom. The molecule has 0 aromatic carbocycles. The quantitative estimate of drug-likeness (QED) is 0.235. The van der Waals surface area contributed by atoms with Crippen molar-refractivity contribution in [2.24, 2.45) is 5.34 Å². The van der Waals surface area contributed by atoms with E-state index in [9.17, 15) is 0 Å². The first-order valence-electron chi connectivity index (χ1n) is 3.57. The van der Waals surface area contributed by atoms with Crippen LogP contribution in [0.2, 0.25) is 0 Å². The van der Waals surface area contributed by atoms with Gasteiger partial charge in [0.25, 0.3) is 0 Å². The van der Waals surface area contributed by atoms with Gasteiger partial charge in [-0.3, -0.25) is 0 Å². The Hall–Kier alpha value is 0.0234. The molecule has 0 aromatic rings. The zero-order valence-corrected chi connectivity index (χ0v) is 10.2. The van der Waals surface area contributed by atoms with E-state index < -0.39 is 0 Å². The van der Waals surface area contributed by atoms with Crippen LogP contribution in [0.3, 0.4) is 0 Å². The van der Waals surface area contributed by atoms with Crippen LogP contribution in [-0.2, 0) is 19.5 Å². The summed E-state index contributed by atoms with van der Waals surface area (Å²) in [5.41, 5.74) is 0. The van der Waals surface area contributed by atoms with E-state index in [1.807, 2.05) is 0 Å². The SMILES string of the molecule is O=N[O-].[CH2-]CCCCCC.[Zn]. The second-order valence-electron chi connectivity index (χ2n) is 1.99. The van der Waals surface area contributed by atoms with Crippen LogP contribution in [0.1, 0.15) is 39.0 Å². The Balaban J connectivity index is -0.000000140. The third-order valence-electron chi connectivity index (χ3n) is 1.10. The molecular formula is C7H15NO2Zn-2. The van der Waals surface area contributed by atoms with E-state index in [2.05, 4.69) is 13.8 Å². The molecule has 0 radical (unpaired) electrons. The minimum Gasteiger partial charge on any atom is -0.444 e. The van der Waals surface area contributed by atoms with Crippen molar-refractivity contribution < 1.29 is 19.5 Å². The molecule has 11 heavy (non-hydrogen) atoms. The second kappa shape index (κ2) is 22.5. The summed E-state index contributed by atoms with van der Waals surface area (Å²) in [4.78, 5) is 8.00. The molecule has 3 nitrogen and oxygen atoms in total. The topological polar surface area (TPSA) is 52.5 Å². The maximum atomic E-state index is 8.00. The van der Waals surface area contributed by atoms with E-state index in [0.29, 0.717) is 0 Å². The maximum Gasteiger partial charge on any atom is 0 e. The molecule has 0 aromatic heterocycles. The van der Waals surface area contributed by atoms with Crippen LogP contribution in [-0.4, -0.2) is 0 Å². The molecule has 0 atom stereocenters. The second-order valence-corrected chi connectivity index (χ2v) is 1.99. The summed E-state index contributed by atoms with van der Waals surface area (Å²) < 4.78 is 0. The van der Waals surface area contributed by atoms with Crippen molar-refractivity contribution in [2.45, 2.75) is 39.0 Å². The van der Waals surface area contributed by atoms with Gasteiger partial charge in [0, 0.05) is 19.5 Å². The van der Waals surface area contributed by atoms with Gasteiger partial charge in [-0.15, -0.1) is 5.34 Å². The van der Waals surface area contributed by atoms with Crippen LogP contribution in [0, 0.1) is 17.0 Å². The summed E-state index contributed by atoms with van der Waals surface area (Å²) in [6.07, 6.45) is 6.52. The molecule has 0 spiro atoms. The molecule has 0 bridgehead atoms. The Morgan fingerprint density at radius 1 is 1.36 bits per heavy atom. The van der Waals surface area contributed by atoms with Gasteiger partial charge >= 0.3 is 0 Å². The fraction of sp³-hybridized carbons (Fsp3) is 0.857. The number of hydrogen-bond acceptors (Lipinski definition) is 3. The predicted molar refractivity (Wildman–Crippen MR) is 43.3 cm³/mol. The fourth-order valence-electron chi connectivity index (χ4n) is 0.604. The average Bonchev–Trinajstić information content (AvgIpc) is 1.91. The fourth-order valence-corrected chi connectivity index (χ4v) is 0.604. The summed E-state index contributed by atoms with van der Waals surface area (Å²) in [7, 11) is 0. The van der Waals surface area contributed by atoms with Crippen LogP contribution in [0.15, 0.2) is 5.34 Å². The average molecular weight is 211 g/mol. The zero-order chi connectivity index (χ0) is 8.24. The molecule has 0 saturated carbocycles. The summed E-state index contributed by atoms with van der Waals surface area (Å²) in [6.45, 7) is 5.98. The van der Waals surface area contributed by atoms with Crippen molar-refractivity contribution in [1.29, 1.82) is 0 Å². The van der Waals surface area contributed by atoms with Gasteiger partial charge in [0.15, 0.2) is 0 Å². The largest absolute Gasteiger partial charge is 0.444 e. The van der Waals surface area contributed by atoms with Crippen molar-refractivity contribution in [3.8, 4) is 0 Å². The number of nitrogens with zero attached hydrogens (tertiary/aromatic N) is 1. The van der Waals surface area contributed by atoms with E-state index in [1.165, 1.54) is 25.7 Å². The predicted octanol–water partition coefficient (Wildman–Crippen LogP) is 3.04. The van der Waals surface area contributed by atoms with Gasteiger partial charge in [-0.2, -0.15) is 6.42 Å². The first-order valence-corrected chi connectivity index (χ1v) is 3.57. The van der Waals surface area contributed by atoms with E-state index in [4.69, 9.17) is 10.1 Å². The molecule has 64 valence electrons. The molecule has 0 unspecified atom stereocenters. The van der Waals surface area contributed by atoms with Gasteiger partial charge in [-0.05, 0) is 0 Å². The molecular weight excluding hydrogens is 195 g/mol. The normalized spacial score (nSPS) is 7.09.